The molecule has 2 aromatic carbocycles. The summed E-state index contributed by atoms with van der Waals surface area (Å²) in [5.74, 6) is -0.548. The smallest absolute Gasteiger partial charge is 0.297 e. The summed E-state index contributed by atoms with van der Waals surface area (Å²) in [4.78, 5) is 0.0765. The van der Waals surface area contributed by atoms with E-state index in [4.69, 9.17) is 8.61 Å². The lowest BCUT2D eigenvalue weighted by molar-refractivity contribution is -0.0288. The van der Waals surface area contributed by atoms with Crippen LogP contribution in [0.3, 0.4) is 0 Å². The van der Waals surface area contributed by atoms with Crippen molar-refractivity contribution < 1.29 is 22.1 Å². The Balaban J connectivity index is 2.61. The van der Waals surface area contributed by atoms with E-state index in [0.29, 0.717) is 6.42 Å². The summed E-state index contributed by atoms with van der Waals surface area (Å²) in [5.41, 5.74) is 1.77. The van der Waals surface area contributed by atoms with E-state index in [1.54, 1.807) is 37.3 Å². The van der Waals surface area contributed by atoms with Gasteiger partial charge in [0.1, 0.15) is 6.10 Å². The van der Waals surface area contributed by atoms with Gasteiger partial charge >= 0.3 is 0 Å². The van der Waals surface area contributed by atoms with Gasteiger partial charge in [-0.15, -0.1) is 6.58 Å². The molecule has 5 nitrogen and oxygen atoms in total. The van der Waals surface area contributed by atoms with Crippen molar-refractivity contribution in [2.24, 2.45) is 5.92 Å². The predicted octanol–water partition coefficient (Wildman–Crippen LogP) is 6.41. The highest BCUT2D eigenvalue weighted by Gasteiger charge is 2.44. The molecule has 0 bridgehead atoms. The van der Waals surface area contributed by atoms with Gasteiger partial charge in [-0.05, 0) is 49.2 Å². The maximum absolute atomic E-state index is 13.4. The minimum absolute atomic E-state index is 0.0765. The van der Waals surface area contributed by atoms with Crippen LogP contribution in [0.15, 0.2) is 72.1 Å². The summed E-state index contributed by atoms with van der Waals surface area (Å²) in [6.07, 6.45) is -0.536. The highest BCUT2D eigenvalue weighted by atomic mass is 32.2. The SMILES string of the molecule is C=CC[C@H](O)[C@H](C)[C@H](OS(=O)(=O)c1ccc(C)cc1)[C@H](O[Si](C)(C)C(C)(C)C)c1ccccc1. The molecule has 0 fully saturated rings. The van der Waals surface area contributed by atoms with Crippen molar-refractivity contribution in [3.05, 3.63) is 78.4 Å². The molecule has 0 aliphatic heterocycles. The van der Waals surface area contributed by atoms with E-state index in [1.807, 2.05) is 37.3 Å². The van der Waals surface area contributed by atoms with Crippen molar-refractivity contribution >= 4 is 18.4 Å². The molecule has 0 amide bonds. The molecule has 0 unspecified atom stereocenters. The van der Waals surface area contributed by atoms with Crippen LogP contribution >= 0.6 is 0 Å². The number of hydrogen-bond acceptors (Lipinski definition) is 5. The van der Waals surface area contributed by atoms with Crippen molar-refractivity contribution in [3.63, 3.8) is 0 Å². The number of benzene rings is 2. The van der Waals surface area contributed by atoms with Gasteiger partial charge in [0.25, 0.3) is 10.1 Å². The minimum Gasteiger partial charge on any atom is -0.407 e. The standard InChI is InChI=1S/C27H40O5SSi/c1-9-13-24(28)21(3)25(31-33(29,30)23-18-16-20(2)17-19-23)26(22-14-11-10-12-15-22)32-34(7,8)27(4,5)6/h9-12,14-19,21,24-26,28H,1,13H2,2-8H3/t21-,24-,25-,26+/m0/s1. The average molecular weight is 505 g/mol. The van der Waals surface area contributed by atoms with Gasteiger partial charge in [-0.3, -0.25) is 4.18 Å². The maximum atomic E-state index is 13.4. The topological polar surface area (TPSA) is 72.8 Å². The van der Waals surface area contributed by atoms with E-state index in [-0.39, 0.29) is 9.93 Å². The van der Waals surface area contributed by atoms with Gasteiger partial charge in [0.15, 0.2) is 8.32 Å². The molecule has 2 aromatic rings. The number of rotatable bonds is 11. The molecule has 7 heteroatoms. The lowest BCUT2D eigenvalue weighted by Crippen LogP contribution is -2.47. The van der Waals surface area contributed by atoms with Gasteiger partial charge in [-0.2, -0.15) is 8.42 Å². The minimum atomic E-state index is -4.12. The van der Waals surface area contributed by atoms with Crippen LogP contribution in [-0.2, 0) is 18.7 Å². The average Bonchev–Trinajstić information content (AvgIpc) is 2.76. The second-order valence-electron chi connectivity index (χ2n) is 10.5. The number of aliphatic hydroxyl groups is 1. The largest absolute Gasteiger partial charge is 0.407 e. The summed E-state index contributed by atoms with van der Waals surface area (Å²) in [7, 11) is -6.47. The van der Waals surface area contributed by atoms with Crippen LogP contribution in [0.2, 0.25) is 18.1 Å². The first kappa shape index (κ1) is 28.5. The van der Waals surface area contributed by atoms with E-state index in [1.165, 1.54) is 0 Å². The monoisotopic (exact) mass is 504 g/mol. The van der Waals surface area contributed by atoms with Crippen LogP contribution in [0.1, 0.15) is 51.3 Å². The fraction of sp³-hybridized carbons (Fsp3) is 0.481. The second-order valence-corrected chi connectivity index (χ2v) is 16.8. The van der Waals surface area contributed by atoms with Crippen molar-refractivity contribution in [1.82, 2.24) is 0 Å². The molecular formula is C27H40O5SSi. The highest BCUT2D eigenvalue weighted by Crippen LogP contribution is 2.43. The van der Waals surface area contributed by atoms with Crippen LogP contribution in [0.25, 0.3) is 0 Å². The Morgan fingerprint density at radius 3 is 2.12 bits per heavy atom. The predicted molar refractivity (Wildman–Crippen MR) is 141 cm³/mol. The second kappa shape index (κ2) is 11.3. The lowest BCUT2D eigenvalue weighted by atomic mass is 9.89. The van der Waals surface area contributed by atoms with E-state index in [0.717, 1.165) is 11.1 Å². The summed E-state index contributed by atoms with van der Waals surface area (Å²) < 4.78 is 39.5. The van der Waals surface area contributed by atoms with Gasteiger partial charge in [0.2, 0.25) is 0 Å². The third-order valence-corrected chi connectivity index (χ3v) is 12.5. The zero-order valence-electron chi connectivity index (χ0n) is 21.5. The van der Waals surface area contributed by atoms with Crippen LogP contribution in [0.5, 0.6) is 0 Å². The molecule has 34 heavy (non-hydrogen) atoms. The molecule has 1 N–H and O–H groups in total. The van der Waals surface area contributed by atoms with Gasteiger partial charge in [-0.25, -0.2) is 0 Å². The molecule has 0 radical (unpaired) electrons. The molecule has 0 aliphatic rings. The summed E-state index contributed by atoms with van der Waals surface area (Å²) in [6.45, 7) is 18.1. The van der Waals surface area contributed by atoms with E-state index < -0.39 is 42.7 Å². The third-order valence-electron chi connectivity index (χ3n) is 6.74. The van der Waals surface area contributed by atoms with E-state index in [2.05, 4.69) is 40.4 Å². The van der Waals surface area contributed by atoms with Crippen LogP contribution < -0.4 is 0 Å². The van der Waals surface area contributed by atoms with Gasteiger partial charge in [-0.1, -0.05) is 81.8 Å². The normalized spacial score (nSPS) is 16.5. The summed E-state index contributed by atoms with van der Waals surface area (Å²) >= 11 is 0. The van der Waals surface area contributed by atoms with Crippen LogP contribution in [0, 0.1) is 12.8 Å². The fourth-order valence-electron chi connectivity index (χ4n) is 3.39. The number of hydrogen-bond donors (Lipinski definition) is 1. The Morgan fingerprint density at radius 2 is 1.62 bits per heavy atom. The Labute approximate surface area is 207 Å². The van der Waals surface area contributed by atoms with Crippen molar-refractivity contribution in [1.29, 1.82) is 0 Å². The van der Waals surface area contributed by atoms with Gasteiger partial charge < -0.3 is 9.53 Å². The Kier molecular flexibility index (Phi) is 9.47. The number of aryl methyl sites for hydroxylation is 1. The molecule has 2 rings (SSSR count). The first-order valence-electron chi connectivity index (χ1n) is 11.7. The quantitative estimate of drug-likeness (QED) is 0.218. The Hall–Kier alpha value is -1.77. The zero-order chi connectivity index (χ0) is 25.7. The first-order chi connectivity index (χ1) is 15.7. The van der Waals surface area contributed by atoms with Crippen LogP contribution in [-0.4, -0.2) is 34.0 Å². The van der Waals surface area contributed by atoms with E-state index in [9.17, 15) is 13.5 Å². The molecule has 0 spiro atoms. The fourth-order valence-corrected chi connectivity index (χ4v) is 5.79. The molecule has 0 heterocycles. The van der Waals surface area contributed by atoms with E-state index >= 15 is 0 Å². The van der Waals surface area contributed by atoms with Gasteiger partial charge in [0.05, 0.1) is 17.1 Å². The first-order valence-corrected chi connectivity index (χ1v) is 16.0. The molecule has 0 saturated heterocycles. The summed E-state index contributed by atoms with van der Waals surface area (Å²) in [5, 5.41) is 10.7. The molecule has 0 aliphatic carbocycles. The number of aliphatic hydroxyl groups excluding tert-OH is 1. The molecule has 0 saturated carbocycles. The maximum Gasteiger partial charge on any atom is 0.297 e. The molecular weight excluding hydrogens is 464 g/mol. The highest BCUT2D eigenvalue weighted by molar-refractivity contribution is 7.86. The molecule has 4 atom stereocenters. The van der Waals surface area contributed by atoms with Crippen LogP contribution in [0.4, 0.5) is 0 Å². The Morgan fingerprint density at radius 1 is 1.06 bits per heavy atom. The molecule has 188 valence electrons. The molecule has 0 aromatic heterocycles. The van der Waals surface area contributed by atoms with Crippen molar-refractivity contribution in [2.45, 2.75) is 82.4 Å². The summed E-state index contributed by atoms with van der Waals surface area (Å²) in [6, 6.07) is 16.1. The van der Waals surface area contributed by atoms with Crippen molar-refractivity contribution in [3.8, 4) is 0 Å². The Bertz CT molecular complexity index is 1030. The lowest BCUT2D eigenvalue weighted by Gasteiger charge is -2.43. The third kappa shape index (κ3) is 7.12. The van der Waals surface area contributed by atoms with Gasteiger partial charge in [0, 0.05) is 5.92 Å². The zero-order valence-corrected chi connectivity index (χ0v) is 23.3. The van der Waals surface area contributed by atoms with Crippen molar-refractivity contribution in [2.75, 3.05) is 0 Å².